The molecule has 0 aliphatic carbocycles. The zero-order valence-corrected chi connectivity index (χ0v) is 18.6. The average molecular weight is 437 g/mol. The summed E-state index contributed by atoms with van der Waals surface area (Å²) in [6, 6.07) is 12.2. The smallest absolute Gasteiger partial charge is 0.227 e. The quantitative estimate of drug-likeness (QED) is 0.528. The molecule has 0 spiro atoms. The number of carbonyl (C=O) groups excluding carboxylic acids is 2. The van der Waals surface area contributed by atoms with Crippen LogP contribution in [0, 0.1) is 5.92 Å². The number of hydrogen-bond acceptors (Lipinski definition) is 4. The van der Waals surface area contributed by atoms with Crippen LogP contribution in [0.15, 0.2) is 48.1 Å². The van der Waals surface area contributed by atoms with Crippen molar-refractivity contribution in [2.45, 2.75) is 39.0 Å². The molecule has 1 atom stereocenters. The second kappa shape index (κ2) is 9.92. The zero-order chi connectivity index (χ0) is 21.6. The van der Waals surface area contributed by atoms with Gasteiger partial charge in [-0.25, -0.2) is 4.98 Å². The Morgan fingerprint density at radius 3 is 2.84 bits per heavy atom. The van der Waals surface area contributed by atoms with E-state index >= 15 is 0 Å². The van der Waals surface area contributed by atoms with E-state index in [4.69, 9.17) is 0 Å². The Labute approximate surface area is 186 Å². The highest BCUT2D eigenvalue weighted by Gasteiger charge is 2.34. The predicted molar refractivity (Wildman–Crippen MR) is 124 cm³/mol. The fourth-order valence-electron chi connectivity index (χ4n) is 3.95. The topological polar surface area (TPSA) is 78.1 Å². The van der Waals surface area contributed by atoms with Crippen molar-refractivity contribution >= 4 is 28.8 Å². The van der Waals surface area contributed by atoms with Gasteiger partial charge in [-0.1, -0.05) is 31.5 Å². The van der Waals surface area contributed by atoms with E-state index in [1.807, 2.05) is 29.6 Å². The maximum Gasteiger partial charge on any atom is 0.227 e. The predicted octanol–water partition coefficient (Wildman–Crippen LogP) is 4.19. The Hall–Kier alpha value is -2.93. The lowest BCUT2D eigenvalue weighted by Crippen LogP contribution is -2.34. The second-order valence-corrected chi connectivity index (χ2v) is 8.87. The van der Waals surface area contributed by atoms with Crippen LogP contribution in [-0.2, 0) is 22.4 Å². The number of amides is 2. The third-order valence-electron chi connectivity index (χ3n) is 5.71. The number of imidazole rings is 1. The number of hydrogen-bond donors (Lipinski definition) is 2. The van der Waals surface area contributed by atoms with Crippen LogP contribution in [0.2, 0.25) is 0 Å². The van der Waals surface area contributed by atoms with Crippen molar-refractivity contribution in [2.24, 2.45) is 5.92 Å². The molecule has 6 nitrogen and oxygen atoms in total. The highest BCUT2D eigenvalue weighted by atomic mass is 32.1. The average Bonchev–Trinajstić information content (AvgIpc) is 3.53. The molecule has 0 bridgehead atoms. The molecule has 31 heavy (non-hydrogen) atoms. The minimum absolute atomic E-state index is 0.00927. The first kappa shape index (κ1) is 21.3. The Morgan fingerprint density at radius 2 is 2.10 bits per heavy atom. The second-order valence-electron chi connectivity index (χ2n) is 7.92. The van der Waals surface area contributed by atoms with Crippen molar-refractivity contribution in [2.75, 3.05) is 18.0 Å². The van der Waals surface area contributed by atoms with E-state index in [1.54, 1.807) is 22.6 Å². The van der Waals surface area contributed by atoms with Crippen molar-refractivity contribution in [3.63, 3.8) is 0 Å². The summed E-state index contributed by atoms with van der Waals surface area (Å²) in [6.45, 7) is 3.12. The lowest BCUT2D eigenvalue weighted by molar-refractivity contribution is -0.126. The van der Waals surface area contributed by atoms with Crippen molar-refractivity contribution < 1.29 is 9.59 Å². The Kier molecular flexibility index (Phi) is 6.82. The highest BCUT2D eigenvalue weighted by Crippen LogP contribution is 2.27. The molecular formula is C24H28N4O2S. The van der Waals surface area contributed by atoms with Crippen LogP contribution >= 0.6 is 11.3 Å². The summed E-state index contributed by atoms with van der Waals surface area (Å²) < 4.78 is 0. The standard InChI is InChI=1S/C24H28N4O2S/c1-2-3-5-17-7-9-19(10-8-17)28-15-18(14-22(28)29)24(30)25-12-11-20-23(27-16-26-20)21-6-4-13-31-21/h4,6-10,13,16,18H,2-3,5,11-12,14-15H2,1H3,(H,25,30)(H,26,27). The summed E-state index contributed by atoms with van der Waals surface area (Å²) in [5, 5.41) is 5.02. The molecule has 3 aromatic rings. The van der Waals surface area contributed by atoms with Gasteiger partial charge in [-0.05, 0) is 42.0 Å². The molecule has 2 N–H and O–H groups in total. The number of unbranched alkanes of at least 4 members (excludes halogenated alkanes) is 1. The minimum Gasteiger partial charge on any atom is -0.355 e. The number of thiophene rings is 1. The third-order valence-corrected chi connectivity index (χ3v) is 6.59. The lowest BCUT2D eigenvalue weighted by Gasteiger charge is -2.17. The Bertz CT molecular complexity index is 1010. The SMILES string of the molecule is CCCCc1ccc(N2CC(C(=O)NCCc3[nH]cnc3-c3cccs3)CC2=O)cc1. The van der Waals surface area contributed by atoms with Gasteiger partial charge in [0.25, 0.3) is 0 Å². The van der Waals surface area contributed by atoms with Gasteiger partial charge in [0.1, 0.15) is 5.69 Å². The van der Waals surface area contributed by atoms with Gasteiger partial charge in [0.2, 0.25) is 11.8 Å². The molecule has 4 rings (SSSR count). The number of carbonyl (C=O) groups is 2. The monoisotopic (exact) mass is 436 g/mol. The number of nitrogens with zero attached hydrogens (tertiary/aromatic N) is 2. The van der Waals surface area contributed by atoms with Crippen molar-refractivity contribution in [3.05, 3.63) is 59.4 Å². The molecule has 0 radical (unpaired) electrons. The summed E-state index contributed by atoms with van der Waals surface area (Å²) in [5.41, 5.74) is 4.11. The number of aryl methyl sites for hydroxylation is 1. The van der Waals surface area contributed by atoms with Crippen LogP contribution in [0.4, 0.5) is 5.69 Å². The first-order valence-corrected chi connectivity index (χ1v) is 11.8. The molecular weight excluding hydrogens is 408 g/mol. The van der Waals surface area contributed by atoms with Gasteiger partial charge >= 0.3 is 0 Å². The number of rotatable bonds is 9. The number of nitrogens with one attached hydrogen (secondary N) is 2. The zero-order valence-electron chi connectivity index (χ0n) is 17.8. The fraction of sp³-hybridized carbons (Fsp3) is 0.375. The number of aromatic nitrogens is 2. The Balaban J connectivity index is 1.29. The molecule has 2 amide bonds. The third kappa shape index (κ3) is 5.05. The number of aromatic amines is 1. The molecule has 162 valence electrons. The van der Waals surface area contributed by atoms with Crippen LogP contribution < -0.4 is 10.2 Å². The summed E-state index contributed by atoms with van der Waals surface area (Å²) in [6.07, 6.45) is 6.00. The Morgan fingerprint density at radius 1 is 1.26 bits per heavy atom. The number of benzene rings is 1. The molecule has 1 aromatic carbocycles. The first-order chi connectivity index (χ1) is 15.2. The van der Waals surface area contributed by atoms with E-state index in [0.29, 0.717) is 19.5 Å². The van der Waals surface area contributed by atoms with Crippen LogP contribution in [0.5, 0.6) is 0 Å². The van der Waals surface area contributed by atoms with E-state index < -0.39 is 0 Å². The normalized spacial score (nSPS) is 16.1. The maximum absolute atomic E-state index is 12.7. The van der Waals surface area contributed by atoms with Crippen LogP contribution in [0.25, 0.3) is 10.6 Å². The summed E-state index contributed by atoms with van der Waals surface area (Å²) in [7, 11) is 0. The molecule has 1 saturated heterocycles. The fourth-order valence-corrected chi connectivity index (χ4v) is 4.70. The van der Waals surface area contributed by atoms with Gasteiger partial charge in [0.05, 0.1) is 17.1 Å². The van der Waals surface area contributed by atoms with E-state index in [9.17, 15) is 9.59 Å². The van der Waals surface area contributed by atoms with E-state index in [-0.39, 0.29) is 24.2 Å². The van der Waals surface area contributed by atoms with Crippen molar-refractivity contribution in [1.82, 2.24) is 15.3 Å². The van der Waals surface area contributed by atoms with Crippen molar-refractivity contribution in [3.8, 4) is 10.6 Å². The molecule has 2 aromatic heterocycles. The molecule has 3 heterocycles. The van der Waals surface area contributed by atoms with Gasteiger partial charge in [0.15, 0.2) is 0 Å². The molecule has 0 saturated carbocycles. The molecule has 1 unspecified atom stereocenters. The van der Waals surface area contributed by atoms with E-state index in [2.05, 4.69) is 34.3 Å². The number of H-pyrrole nitrogens is 1. The van der Waals surface area contributed by atoms with Crippen molar-refractivity contribution in [1.29, 1.82) is 0 Å². The summed E-state index contributed by atoms with van der Waals surface area (Å²) in [4.78, 5) is 35.6. The van der Waals surface area contributed by atoms with Crippen LogP contribution in [-0.4, -0.2) is 34.9 Å². The lowest BCUT2D eigenvalue weighted by atomic mass is 10.1. The first-order valence-electron chi connectivity index (χ1n) is 10.9. The van der Waals surface area contributed by atoms with Gasteiger partial charge in [-0.3, -0.25) is 9.59 Å². The molecule has 1 aliphatic heterocycles. The summed E-state index contributed by atoms with van der Waals surface area (Å²) in [5.74, 6) is -0.367. The van der Waals surface area contributed by atoms with Crippen LogP contribution in [0.3, 0.4) is 0 Å². The van der Waals surface area contributed by atoms with E-state index in [1.165, 1.54) is 12.0 Å². The minimum atomic E-state index is -0.314. The van der Waals surface area contributed by atoms with E-state index in [0.717, 1.165) is 34.8 Å². The highest BCUT2D eigenvalue weighted by molar-refractivity contribution is 7.13. The molecule has 1 fully saturated rings. The summed E-state index contributed by atoms with van der Waals surface area (Å²) >= 11 is 1.64. The number of anilines is 1. The van der Waals surface area contributed by atoms with Gasteiger partial charge in [-0.2, -0.15) is 0 Å². The molecule has 7 heteroatoms. The van der Waals surface area contributed by atoms with Gasteiger partial charge < -0.3 is 15.2 Å². The molecule has 1 aliphatic rings. The van der Waals surface area contributed by atoms with Gasteiger partial charge in [0, 0.05) is 37.3 Å². The largest absolute Gasteiger partial charge is 0.355 e. The van der Waals surface area contributed by atoms with Crippen LogP contribution in [0.1, 0.15) is 37.4 Å². The van der Waals surface area contributed by atoms with Gasteiger partial charge in [-0.15, -0.1) is 11.3 Å². The maximum atomic E-state index is 12.7.